The van der Waals surface area contributed by atoms with Crippen molar-refractivity contribution in [1.82, 2.24) is 30.5 Å². The second-order valence-electron chi connectivity index (χ2n) is 7.07. The molecule has 1 saturated heterocycles. The van der Waals surface area contributed by atoms with Crippen molar-refractivity contribution in [2.24, 2.45) is 5.92 Å². The average molecular weight is 422 g/mol. The van der Waals surface area contributed by atoms with E-state index in [1.54, 1.807) is 31.5 Å². The predicted molar refractivity (Wildman–Crippen MR) is 109 cm³/mol. The van der Waals surface area contributed by atoms with E-state index in [-0.39, 0.29) is 23.3 Å². The van der Waals surface area contributed by atoms with Crippen molar-refractivity contribution >= 4 is 5.91 Å². The normalized spacial score (nSPS) is 15.3. The molecular formula is C21H22N6O4. The fourth-order valence-corrected chi connectivity index (χ4v) is 3.52. The summed E-state index contributed by atoms with van der Waals surface area (Å²) in [6.07, 6.45) is 6.09. The predicted octanol–water partition coefficient (Wildman–Crippen LogP) is 1.94. The van der Waals surface area contributed by atoms with Crippen LogP contribution in [0.25, 0.3) is 11.5 Å². The SMILES string of the molecule is COc1ccc([C@@H](NC(=O)c2cnc(-c3cccnn3)nc2O)C2CCOCC2)cn1. The van der Waals surface area contributed by atoms with E-state index < -0.39 is 11.8 Å². The van der Waals surface area contributed by atoms with E-state index in [9.17, 15) is 9.90 Å². The number of rotatable bonds is 6. The Morgan fingerprint density at radius 2 is 2.06 bits per heavy atom. The summed E-state index contributed by atoms with van der Waals surface area (Å²) in [6.45, 7) is 1.25. The van der Waals surface area contributed by atoms with E-state index in [1.165, 1.54) is 12.4 Å². The third-order valence-electron chi connectivity index (χ3n) is 5.17. The first kappa shape index (κ1) is 20.6. The summed E-state index contributed by atoms with van der Waals surface area (Å²) < 4.78 is 10.6. The van der Waals surface area contributed by atoms with Crippen LogP contribution in [0.3, 0.4) is 0 Å². The third-order valence-corrected chi connectivity index (χ3v) is 5.17. The first-order chi connectivity index (χ1) is 15.2. The number of aromatic hydroxyl groups is 1. The molecule has 1 aliphatic heterocycles. The second-order valence-corrected chi connectivity index (χ2v) is 7.07. The van der Waals surface area contributed by atoms with E-state index in [4.69, 9.17) is 9.47 Å². The Bertz CT molecular complexity index is 1030. The molecule has 3 aromatic rings. The van der Waals surface area contributed by atoms with Gasteiger partial charge in [0.15, 0.2) is 5.82 Å². The maximum absolute atomic E-state index is 13.0. The molecule has 1 amide bonds. The van der Waals surface area contributed by atoms with Gasteiger partial charge in [-0.3, -0.25) is 4.79 Å². The zero-order valence-corrected chi connectivity index (χ0v) is 16.9. The number of amides is 1. The van der Waals surface area contributed by atoms with E-state index in [1.807, 2.05) is 6.07 Å². The highest BCUT2D eigenvalue weighted by molar-refractivity contribution is 5.96. The molecule has 3 aromatic heterocycles. The minimum atomic E-state index is -0.476. The molecule has 0 saturated carbocycles. The number of carbonyl (C=O) groups excluding carboxylic acids is 1. The molecule has 0 bridgehead atoms. The maximum atomic E-state index is 13.0. The molecule has 4 rings (SSSR count). The average Bonchev–Trinajstić information content (AvgIpc) is 2.83. The maximum Gasteiger partial charge on any atom is 0.258 e. The molecule has 0 spiro atoms. The minimum absolute atomic E-state index is 0.0221. The third kappa shape index (κ3) is 4.75. The van der Waals surface area contributed by atoms with Crippen LogP contribution >= 0.6 is 0 Å². The Morgan fingerprint density at radius 3 is 2.71 bits per heavy atom. The quantitative estimate of drug-likeness (QED) is 0.611. The molecule has 2 N–H and O–H groups in total. The lowest BCUT2D eigenvalue weighted by Gasteiger charge is -2.31. The highest BCUT2D eigenvalue weighted by Crippen LogP contribution is 2.31. The van der Waals surface area contributed by atoms with Crippen LogP contribution in [0.15, 0.2) is 42.9 Å². The zero-order valence-electron chi connectivity index (χ0n) is 16.9. The van der Waals surface area contributed by atoms with Crippen molar-refractivity contribution in [3.8, 4) is 23.3 Å². The van der Waals surface area contributed by atoms with Crippen LogP contribution in [0.2, 0.25) is 0 Å². The van der Waals surface area contributed by atoms with Gasteiger partial charge in [-0.15, -0.1) is 5.10 Å². The molecule has 1 fully saturated rings. The van der Waals surface area contributed by atoms with Crippen LogP contribution in [0, 0.1) is 5.92 Å². The van der Waals surface area contributed by atoms with Crippen LogP contribution in [0.4, 0.5) is 0 Å². The van der Waals surface area contributed by atoms with Crippen molar-refractivity contribution in [2.45, 2.75) is 18.9 Å². The number of nitrogens with zero attached hydrogens (tertiary/aromatic N) is 5. The summed E-state index contributed by atoms with van der Waals surface area (Å²) in [5.41, 5.74) is 1.22. The van der Waals surface area contributed by atoms with Crippen molar-refractivity contribution in [3.63, 3.8) is 0 Å². The number of methoxy groups -OCH3 is 1. The summed E-state index contributed by atoms with van der Waals surface area (Å²) >= 11 is 0. The Balaban J connectivity index is 1.58. The molecule has 0 aliphatic carbocycles. The van der Waals surface area contributed by atoms with Crippen molar-refractivity contribution in [3.05, 3.63) is 54.0 Å². The summed E-state index contributed by atoms with van der Waals surface area (Å²) in [7, 11) is 1.55. The van der Waals surface area contributed by atoms with Gasteiger partial charge in [-0.1, -0.05) is 6.07 Å². The lowest BCUT2D eigenvalue weighted by molar-refractivity contribution is 0.0513. The van der Waals surface area contributed by atoms with Crippen molar-refractivity contribution < 1.29 is 19.4 Å². The number of carbonyl (C=O) groups is 1. The van der Waals surface area contributed by atoms with Gasteiger partial charge in [0.1, 0.15) is 11.3 Å². The molecule has 10 nitrogen and oxygen atoms in total. The van der Waals surface area contributed by atoms with Crippen LogP contribution in [-0.4, -0.2) is 56.5 Å². The second kappa shape index (κ2) is 9.43. The van der Waals surface area contributed by atoms with E-state index in [2.05, 4.69) is 30.5 Å². The standard InChI is InChI=1S/C21H22N6O4/c1-30-17-5-4-14(11-22-17)18(13-6-9-31-10-7-13)25-20(28)15-12-23-19(26-21(15)29)16-3-2-8-24-27-16/h2-5,8,11-13,18H,6-7,9-10H2,1H3,(H,25,28)(H,23,26,29)/t18-/m0/s1. The monoisotopic (exact) mass is 422 g/mol. The number of nitrogens with one attached hydrogen (secondary N) is 1. The Kier molecular flexibility index (Phi) is 6.27. The molecule has 0 unspecified atom stereocenters. The molecule has 31 heavy (non-hydrogen) atoms. The van der Waals surface area contributed by atoms with Gasteiger partial charge in [-0.25, -0.2) is 9.97 Å². The van der Waals surface area contributed by atoms with Gasteiger partial charge in [0, 0.05) is 37.9 Å². The fraction of sp³-hybridized carbons (Fsp3) is 0.333. The lowest BCUT2D eigenvalue weighted by atomic mass is 9.87. The minimum Gasteiger partial charge on any atom is -0.493 e. The number of hydrogen-bond donors (Lipinski definition) is 2. The van der Waals surface area contributed by atoms with Crippen molar-refractivity contribution in [2.75, 3.05) is 20.3 Å². The molecule has 0 radical (unpaired) electrons. The number of ether oxygens (including phenoxy) is 2. The first-order valence-corrected chi connectivity index (χ1v) is 9.88. The molecular weight excluding hydrogens is 400 g/mol. The summed E-state index contributed by atoms with van der Waals surface area (Å²) in [5.74, 6) is -0.0639. The molecule has 1 atom stereocenters. The Hall–Kier alpha value is -3.66. The molecule has 160 valence electrons. The fourth-order valence-electron chi connectivity index (χ4n) is 3.52. The van der Waals surface area contributed by atoms with Gasteiger partial charge in [-0.05, 0) is 36.5 Å². The molecule has 4 heterocycles. The Labute approximate surface area is 178 Å². The summed E-state index contributed by atoms with van der Waals surface area (Å²) in [6, 6.07) is 6.67. The summed E-state index contributed by atoms with van der Waals surface area (Å²) in [4.78, 5) is 25.4. The van der Waals surface area contributed by atoms with Gasteiger partial charge in [0.05, 0.1) is 13.2 Å². The van der Waals surface area contributed by atoms with Gasteiger partial charge in [-0.2, -0.15) is 10.1 Å². The van der Waals surface area contributed by atoms with Gasteiger partial charge in [0.2, 0.25) is 11.8 Å². The topological polar surface area (TPSA) is 132 Å². The van der Waals surface area contributed by atoms with E-state index in [0.717, 1.165) is 18.4 Å². The zero-order chi connectivity index (χ0) is 21.6. The van der Waals surface area contributed by atoms with Gasteiger partial charge in [0.25, 0.3) is 5.91 Å². The lowest BCUT2D eigenvalue weighted by Crippen LogP contribution is -2.36. The largest absolute Gasteiger partial charge is 0.493 e. The summed E-state index contributed by atoms with van der Waals surface area (Å²) in [5, 5.41) is 21.1. The highest BCUT2D eigenvalue weighted by atomic mass is 16.5. The van der Waals surface area contributed by atoms with Crippen LogP contribution in [0.5, 0.6) is 11.8 Å². The van der Waals surface area contributed by atoms with Crippen LogP contribution < -0.4 is 10.1 Å². The highest BCUT2D eigenvalue weighted by Gasteiger charge is 2.29. The van der Waals surface area contributed by atoms with Crippen LogP contribution in [0.1, 0.15) is 34.8 Å². The number of hydrogen-bond acceptors (Lipinski definition) is 9. The molecule has 0 aromatic carbocycles. The first-order valence-electron chi connectivity index (χ1n) is 9.88. The molecule has 1 aliphatic rings. The van der Waals surface area contributed by atoms with Gasteiger partial charge < -0.3 is 19.9 Å². The van der Waals surface area contributed by atoms with E-state index in [0.29, 0.717) is 24.8 Å². The number of aromatic nitrogens is 5. The number of pyridine rings is 1. The van der Waals surface area contributed by atoms with E-state index >= 15 is 0 Å². The van der Waals surface area contributed by atoms with Crippen molar-refractivity contribution in [1.29, 1.82) is 0 Å². The Morgan fingerprint density at radius 1 is 1.23 bits per heavy atom. The van der Waals surface area contributed by atoms with Gasteiger partial charge >= 0.3 is 0 Å². The smallest absolute Gasteiger partial charge is 0.258 e. The van der Waals surface area contributed by atoms with Crippen LogP contribution in [-0.2, 0) is 4.74 Å². The molecule has 10 heteroatoms.